The van der Waals surface area contributed by atoms with E-state index in [0.717, 1.165) is 5.76 Å². The Kier molecular flexibility index (Phi) is 2.56. The second-order valence-corrected chi connectivity index (χ2v) is 3.41. The van der Waals surface area contributed by atoms with Gasteiger partial charge in [-0.15, -0.1) is 0 Å². The van der Waals surface area contributed by atoms with Crippen LogP contribution in [0.5, 0.6) is 0 Å². The monoisotopic (exact) mass is 206 g/mol. The highest BCUT2D eigenvalue weighted by atomic mass is 19.1. The minimum Gasteiger partial charge on any atom is -0.463 e. The van der Waals surface area contributed by atoms with E-state index in [1.807, 2.05) is 0 Å². The van der Waals surface area contributed by atoms with E-state index in [9.17, 15) is 9.50 Å². The largest absolute Gasteiger partial charge is 0.463 e. The fourth-order valence-electron chi connectivity index (χ4n) is 1.44. The molecule has 1 aromatic carbocycles. The zero-order valence-electron chi connectivity index (χ0n) is 8.27. The number of furan rings is 1. The van der Waals surface area contributed by atoms with E-state index in [-0.39, 0.29) is 5.82 Å². The van der Waals surface area contributed by atoms with Gasteiger partial charge >= 0.3 is 0 Å². The van der Waals surface area contributed by atoms with E-state index in [4.69, 9.17) is 4.42 Å². The third-order valence-corrected chi connectivity index (χ3v) is 2.20. The molecule has 78 valence electrons. The van der Waals surface area contributed by atoms with Crippen LogP contribution >= 0.6 is 0 Å². The van der Waals surface area contributed by atoms with Gasteiger partial charge in [-0.2, -0.15) is 0 Å². The molecule has 0 spiro atoms. The molecule has 0 radical (unpaired) electrons. The SMILES string of the molecule is Cc1ccc([C@@H](O)c2cccc(F)c2)o1. The Morgan fingerprint density at radius 3 is 2.67 bits per heavy atom. The van der Waals surface area contributed by atoms with Crippen molar-refractivity contribution in [3.63, 3.8) is 0 Å². The van der Waals surface area contributed by atoms with Crippen LogP contribution in [0.1, 0.15) is 23.2 Å². The lowest BCUT2D eigenvalue weighted by atomic mass is 10.1. The number of halogens is 1. The van der Waals surface area contributed by atoms with Crippen LogP contribution in [-0.4, -0.2) is 5.11 Å². The first-order chi connectivity index (χ1) is 7.16. The molecule has 0 saturated heterocycles. The smallest absolute Gasteiger partial charge is 0.137 e. The lowest BCUT2D eigenvalue weighted by Crippen LogP contribution is -1.98. The summed E-state index contributed by atoms with van der Waals surface area (Å²) in [5.74, 6) is 0.786. The normalized spacial score (nSPS) is 12.7. The van der Waals surface area contributed by atoms with E-state index in [1.54, 1.807) is 31.2 Å². The van der Waals surface area contributed by atoms with Crippen LogP contribution in [0.4, 0.5) is 4.39 Å². The Bertz CT molecular complexity index is 462. The second-order valence-electron chi connectivity index (χ2n) is 3.41. The van der Waals surface area contributed by atoms with Crippen LogP contribution < -0.4 is 0 Å². The maximum atomic E-state index is 12.9. The average molecular weight is 206 g/mol. The molecular weight excluding hydrogens is 195 g/mol. The molecule has 0 fully saturated rings. The van der Waals surface area contributed by atoms with Crippen LogP contribution in [0.15, 0.2) is 40.8 Å². The minimum atomic E-state index is -0.908. The zero-order chi connectivity index (χ0) is 10.8. The molecule has 3 heteroatoms. The molecule has 2 nitrogen and oxygen atoms in total. The van der Waals surface area contributed by atoms with Crippen molar-refractivity contribution in [3.8, 4) is 0 Å². The summed E-state index contributed by atoms with van der Waals surface area (Å²) in [7, 11) is 0. The Morgan fingerprint density at radius 1 is 1.27 bits per heavy atom. The summed E-state index contributed by atoms with van der Waals surface area (Å²) >= 11 is 0. The van der Waals surface area contributed by atoms with E-state index >= 15 is 0 Å². The van der Waals surface area contributed by atoms with E-state index < -0.39 is 6.10 Å². The van der Waals surface area contributed by atoms with Gasteiger partial charge in [0, 0.05) is 0 Å². The van der Waals surface area contributed by atoms with E-state index in [0.29, 0.717) is 11.3 Å². The van der Waals surface area contributed by atoms with Gasteiger partial charge in [0.25, 0.3) is 0 Å². The van der Waals surface area contributed by atoms with Gasteiger partial charge in [-0.05, 0) is 36.8 Å². The number of aliphatic hydroxyl groups excluding tert-OH is 1. The molecule has 0 unspecified atom stereocenters. The minimum absolute atomic E-state index is 0.366. The van der Waals surface area contributed by atoms with Crippen LogP contribution in [-0.2, 0) is 0 Å². The van der Waals surface area contributed by atoms with Gasteiger partial charge in [-0.3, -0.25) is 0 Å². The first-order valence-corrected chi connectivity index (χ1v) is 4.66. The van der Waals surface area contributed by atoms with Gasteiger partial charge in [0.2, 0.25) is 0 Å². The summed E-state index contributed by atoms with van der Waals surface area (Å²) in [6.07, 6.45) is -0.908. The number of benzene rings is 1. The molecule has 15 heavy (non-hydrogen) atoms. The van der Waals surface area contributed by atoms with E-state index in [1.165, 1.54) is 12.1 Å². The van der Waals surface area contributed by atoms with Crippen molar-refractivity contribution in [1.82, 2.24) is 0 Å². The highest BCUT2D eigenvalue weighted by Crippen LogP contribution is 2.23. The topological polar surface area (TPSA) is 33.4 Å². The first-order valence-electron chi connectivity index (χ1n) is 4.66. The van der Waals surface area contributed by atoms with Gasteiger partial charge in [0.1, 0.15) is 23.4 Å². The molecule has 0 bridgehead atoms. The van der Waals surface area contributed by atoms with Crippen molar-refractivity contribution in [1.29, 1.82) is 0 Å². The predicted molar refractivity (Wildman–Crippen MR) is 53.9 cm³/mol. The molecule has 0 saturated carbocycles. The lowest BCUT2D eigenvalue weighted by Gasteiger charge is -2.07. The summed E-state index contributed by atoms with van der Waals surface area (Å²) in [6.45, 7) is 1.79. The third-order valence-electron chi connectivity index (χ3n) is 2.20. The Morgan fingerprint density at radius 2 is 2.07 bits per heavy atom. The van der Waals surface area contributed by atoms with Crippen molar-refractivity contribution in [2.75, 3.05) is 0 Å². The summed E-state index contributed by atoms with van der Waals surface area (Å²) < 4.78 is 18.2. The molecule has 1 aromatic heterocycles. The highest BCUT2D eigenvalue weighted by molar-refractivity contribution is 5.25. The standard InChI is InChI=1S/C12H11FO2/c1-8-5-6-11(15-8)12(14)9-3-2-4-10(13)7-9/h2-7,12,14H,1H3/t12-/m0/s1. The fraction of sp³-hybridized carbons (Fsp3) is 0.167. The number of hydrogen-bond donors (Lipinski definition) is 1. The van der Waals surface area contributed by atoms with Gasteiger partial charge in [0.05, 0.1) is 0 Å². The molecule has 2 rings (SSSR count). The van der Waals surface area contributed by atoms with E-state index in [2.05, 4.69) is 0 Å². The van der Waals surface area contributed by atoms with Crippen molar-refractivity contribution in [2.24, 2.45) is 0 Å². The predicted octanol–water partition coefficient (Wildman–Crippen LogP) is 2.81. The summed E-state index contributed by atoms with van der Waals surface area (Å²) in [6, 6.07) is 9.30. The number of aryl methyl sites for hydroxylation is 1. The fourth-order valence-corrected chi connectivity index (χ4v) is 1.44. The molecule has 0 aliphatic rings. The third kappa shape index (κ3) is 2.07. The second kappa shape index (κ2) is 3.87. The zero-order valence-corrected chi connectivity index (χ0v) is 8.27. The lowest BCUT2D eigenvalue weighted by molar-refractivity contribution is 0.187. The van der Waals surface area contributed by atoms with Crippen molar-refractivity contribution in [2.45, 2.75) is 13.0 Å². The average Bonchev–Trinajstić information content (AvgIpc) is 2.64. The van der Waals surface area contributed by atoms with Crippen LogP contribution in [0.2, 0.25) is 0 Å². The van der Waals surface area contributed by atoms with Gasteiger partial charge in [-0.25, -0.2) is 4.39 Å². The number of rotatable bonds is 2. The maximum absolute atomic E-state index is 12.9. The molecule has 0 aliphatic carbocycles. The Hall–Kier alpha value is -1.61. The Balaban J connectivity index is 2.32. The van der Waals surface area contributed by atoms with Crippen LogP contribution in [0, 0.1) is 12.7 Å². The quantitative estimate of drug-likeness (QED) is 0.819. The summed E-state index contributed by atoms with van der Waals surface area (Å²) in [5.41, 5.74) is 0.490. The molecule has 2 aromatic rings. The summed E-state index contributed by atoms with van der Waals surface area (Å²) in [5, 5.41) is 9.87. The molecule has 1 heterocycles. The molecule has 0 aliphatic heterocycles. The number of hydrogen-bond acceptors (Lipinski definition) is 2. The van der Waals surface area contributed by atoms with Crippen molar-refractivity contribution < 1.29 is 13.9 Å². The first kappa shape index (κ1) is 9.93. The molecule has 0 amide bonds. The van der Waals surface area contributed by atoms with Gasteiger partial charge in [0.15, 0.2) is 0 Å². The number of aliphatic hydroxyl groups is 1. The molecule has 1 atom stereocenters. The molecular formula is C12H11FO2. The van der Waals surface area contributed by atoms with Crippen molar-refractivity contribution >= 4 is 0 Å². The van der Waals surface area contributed by atoms with Gasteiger partial charge in [-0.1, -0.05) is 12.1 Å². The highest BCUT2D eigenvalue weighted by Gasteiger charge is 2.14. The van der Waals surface area contributed by atoms with Crippen LogP contribution in [0.3, 0.4) is 0 Å². The molecule has 1 N–H and O–H groups in total. The van der Waals surface area contributed by atoms with Crippen molar-refractivity contribution in [3.05, 3.63) is 59.3 Å². The van der Waals surface area contributed by atoms with Gasteiger partial charge < -0.3 is 9.52 Å². The Labute approximate surface area is 87.0 Å². The maximum Gasteiger partial charge on any atom is 0.137 e. The van der Waals surface area contributed by atoms with Crippen LogP contribution in [0.25, 0.3) is 0 Å². The summed E-state index contributed by atoms with van der Waals surface area (Å²) in [4.78, 5) is 0.